The van der Waals surface area contributed by atoms with Gasteiger partial charge in [-0.05, 0) is 32.0 Å². The van der Waals surface area contributed by atoms with Crippen molar-refractivity contribution in [3.63, 3.8) is 0 Å². The highest BCUT2D eigenvalue weighted by molar-refractivity contribution is 5.94. The van der Waals surface area contributed by atoms with E-state index in [9.17, 15) is 9.90 Å². The zero-order valence-corrected chi connectivity index (χ0v) is 10.4. The fourth-order valence-corrected chi connectivity index (χ4v) is 1.68. The minimum Gasteiger partial charge on any atom is -0.393 e. The summed E-state index contributed by atoms with van der Waals surface area (Å²) < 4.78 is 0. The van der Waals surface area contributed by atoms with Crippen LogP contribution in [0.15, 0.2) is 24.3 Å². The van der Waals surface area contributed by atoms with Crippen molar-refractivity contribution in [2.24, 2.45) is 5.73 Å². The maximum Gasteiger partial charge on any atom is 0.249 e. The predicted octanol–water partition coefficient (Wildman–Crippen LogP) is 0.988. The summed E-state index contributed by atoms with van der Waals surface area (Å²) in [5, 5.41) is 9.21. The molecular formula is C13H20N2O2. The molecule has 1 aromatic carbocycles. The van der Waals surface area contributed by atoms with Crippen molar-refractivity contribution in [3.05, 3.63) is 35.4 Å². The number of benzene rings is 1. The first-order valence-corrected chi connectivity index (χ1v) is 5.75. The fraction of sp³-hybridized carbons (Fsp3) is 0.462. The number of aliphatic hydroxyl groups is 1. The molecule has 4 heteroatoms. The van der Waals surface area contributed by atoms with E-state index < -0.39 is 5.91 Å². The normalized spacial score (nSPS) is 12.7. The van der Waals surface area contributed by atoms with Crippen molar-refractivity contribution in [1.29, 1.82) is 0 Å². The molecule has 0 aromatic heterocycles. The number of hydrogen-bond donors (Lipinski definition) is 2. The van der Waals surface area contributed by atoms with Crippen LogP contribution in [-0.2, 0) is 6.54 Å². The van der Waals surface area contributed by atoms with E-state index in [1.165, 1.54) is 0 Å². The van der Waals surface area contributed by atoms with Crippen molar-refractivity contribution >= 4 is 5.91 Å². The highest BCUT2D eigenvalue weighted by Gasteiger charge is 2.09. The van der Waals surface area contributed by atoms with Crippen LogP contribution in [0.1, 0.15) is 29.3 Å². The van der Waals surface area contributed by atoms with E-state index in [1.54, 1.807) is 19.1 Å². The Balaban J connectivity index is 2.64. The predicted molar refractivity (Wildman–Crippen MR) is 67.6 cm³/mol. The van der Waals surface area contributed by atoms with Gasteiger partial charge in [-0.2, -0.15) is 0 Å². The number of nitrogens with zero attached hydrogens (tertiary/aromatic N) is 1. The van der Waals surface area contributed by atoms with E-state index in [-0.39, 0.29) is 6.10 Å². The Kier molecular flexibility index (Phi) is 5.12. The molecule has 94 valence electrons. The second-order valence-electron chi connectivity index (χ2n) is 4.40. The molecule has 0 radical (unpaired) electrons. The summed E-state index contributed by atoms with van der Waals surface area (Å²) in [6.45, 7) is 3.21. The lowest BCUT2D eigenvalue weighted by Gasteiger charge is -2.18. The van der Waals surface area contributed by atoms with Crippen LogP contribution in [0.3, 0.4) is 0 Å². The van der Waals surface area contributed by atoms with Gasteiger partial charge in [0.2, 0.25) is 5.91 Å². The van der Waals surface area contributed by atoms with Gasteiger partial charge in [0.05, 0.1) is 6.10 Å². The van der Waals surface area contributed by atoms with Crippen molar-refractivity contribution in [1.82, 2.24) is 4.90 Å². The molecule has 1 unspecified atom stereocenters. The highest BCUT2D eigenvalue weighted by Crippen LogP contribution is 2.10. The molecule has 3 N–H and O–H groups in total. The monoisotopic (exact) mass is 236 g/mol. The van der Waals surface area contributed by atoms with E-state index >= 15 is 0 Å². The molecule has 0 spiro atoms. The number of nitrogens with two attached hydrogens (primary N) is 1. The molecule has 0 saturated carbocycles. The van der Waals surface area contributed by atoms with E-state index in [1.807, 2.05) is 19.2 Å². The molecule has 0 heterocycles. The number of carbonyl (C=O) groups excluding carboxylic acids is 1. The van der Waals surface area contributed by atoms with Crippen molar-refractivity contribution < 1.29 is 9.90 Å². The third-order valence-electron chi connectivity index (χ3n) is 2.65. The Morgan fingerprint density at radius 1 is 1.47 bits per heavy atom. The number of rotatable bonds is 6. The lowest BCUT2D eigenvalue weighted by atomic mass is 10.1. The Labute approximate surface area is 102 Å². The van der Waals surface area contributed by atoms with Gasteiger partial charge in [0.1, 0.15) is 0 Å². The first kappa shape index (κ1) is 13.7. The van der Waals surface area contributed by atoms with Crippen molar-refractivity contribution in [3.8, 4) is 0 Å². The molecule has 1 atom stereocenters. The van der Waals surface area contributed by atoms with Crippen LogP contribution >= 0.6 is 0 Å². The molecule has 0 saturated heterocycles. The van der Waals surface area contributed by atoms with Gasteiger partial charge in [0, 0.05) is 18.7 Å². The average molecular weight is 236 g/mol. The first-order chi connectivity index (χ1) is 8.00. The lowest BCUT2D eigenvalue weighted by molar-refractivity contribution is 0.0998. The maximum absolute atomic E-state index is 11.2. The number of carbonyl (C=O) groups is 1. The number of aliphatic hydroxyl groups excluding tert-OH is 1. The zero-order chi connectivity index (χ0) is 12.8. The minimum atomic E-state index is -0.399. The summed E-state index contributed by atoms with van der Waals surface area (Å²) in [4.78, 5) is 13.3. The number of primary amides is 1. The van der Waals surface area contributed by atoms with Gasteiger partial charge in [-0.15, -0.1) is 0 Å². The second kappa shape index (κ2) is 6.37. The van der Waals surface area contributed by atoms with Crippen LogP contribution in [0.4, 0.5) is 0 Å². The summed E-state index contributed by atoms with van der Waals surface area (Å²) in [6.07, 6.45) is 0.415. The van der Waals surface area contributed by atoms with Gasteiger partial charge in [0.25, 0.3) is 0 Å². The van der Waals surface area contributed by atoms with Gasteiger partial charge in [-0.1, -0.05) is 18.2 Å². The molecule has 1 aromatic rings. The van der Waals surface area contributed by atoms with Gasteiger partial charge >= 0.3 is 0 Å². The van der Waals surface area contributed by atoms with Crippen LogP contribution in [-0.4, -0.2) is 35.6 Å². The average Bonchev–Trinajstić information content (AvgIpc) is 2.27. The molecule has 0 aliphatic rings. The maximum atomic E-state index is 11.2. The number of amides is 1. The standard InChI is InChI=1S/C13H20N2O2/c1-10(16)7-8-15(2)9-11-5-3-4-6-12(11)13(14)17/h3-6,10,16H,7-9H2,1-2H3,(H2,14,17). The van der Waals surface area contributed by atoms with Gasteiger partial charge in [0.15, 0.2) is 0 Å². The zero-order valence-electron chi connectivity index (χ0n) is 10.4. The van der Waals surface area contributed by atoms with Gasteiger partial charge in [-0.25, -0.2) is 0 Å². The second-order valence-corrected chi connectivity index (χ2v) is 4.40. The number of hydrogen-bond acceptors (Lipinski definition) is 3. The molecule has 0 bridgehead atoms. The Bertz CT molecular complexity index is 377. The smallest absolute Gasteiger partial charge is 0.249 e. The molecule has 1 rings (SSSR count). The SMILES string of the molecule is CC(O)CCN(C)Cc1ccccc1C(N)=O. The van der Waals surface area contributed by atoms with Crippen molar-refractivity contribution in [2.75, 3.05) is 13.6 Å². The third-order valence-corrected chi connectivity index (χ3v) is 2.65. The first-order valence-electron chi connectivity index (χ1n) is 5.75. The summed E-state index contributed by atoms with van der Waals surface area (Å²) in [6, 6.07) is 7.34. The van der Waals surface area contributed by atoms with Crippen LogP contribution in [0.2, 0.25) is 0 Å². The molecular weight excluding hydrogens is 216 g/mol. The van der Waals surface area contributed by atoms with Crippen LogP contribution in [0.25, 0.3) is 0 Å². The Morgan fingerprint density at radius 2 is 2.12 bits per heavy atom. The Hall–Kier alpha value is -1.39. The molecule has 0 fully saturated rings. The quantitative estimate of drug-likeness (QED) is 0.774. The topological polar surface area (TPSA) is 66.6 Å². The fourth-order valence-electron chi connectivity index (χ4n) is 1.68. The third kappa shape index (κ3) is 4.54. The van der Waals surface area contributed by atoms with Gasteiger partial charge < -0.3 is 15.7 Å². The highest BCUT2D eigenvalue weighted by atomic mass is 16.3. The molecule has 1 amide bonds. The van der Waals surface area contributed by atoms with Crippen LogP contribution < -0.4 is 5.73 Å². The summed E-state index contributed by atoms with van der Waals surface area (Å²) in [7, 11) is 1.96. The van der Waals surface area contributed by atoms with Crippen LogP contribution in [0.5, 0.6) is 0 Å². The Morgan fingerprint density at radius 3 is 2.71 bits per heavy atom. The molecule has 17 heavy (non-hydrogen) atoms. The largest absolute Gasteiger partial charge is 0.393 e. The van der Waals surface area contributed by atoms with E-state index in [2.05, 4.69) is 4.90 Å². The summed E-state index contributed by atoms with van der Waals surface area (Å²) in [5.41, 5.74) is 6.81. The minimum absolute atomic E-state index is 0.302. The lowest BCUT2D eigenvalue weighted by Crippen LogP contribution is -2.24. The van der Waals surface area contributed by atoms with Gasteiger partial charge in [-0.3, -0.25) is 4.79 Å². The van der Waals surface area contributed by atoms with E-state index in [0.717, 1.165) is 18.5 Å². The molecule has 4 nitrogen and oxygen atoms in total. The van der Waals surface area contributed by atoms with Crippen molar-refractivity contribution in [2.45, 2.75) is 26.0 Å². The molecule has 0 aliphatic carbocycles. The van der Waals surface area contributed by atoms with Crippen LogP contribution in [0, 0.1) is 0 Å². The van der Waals surface area contributed by atoms with E-state index in [4.69, 9.17) is 5.73 Å². The summed E-state index contributed by atoms with van der Waals surface area (Å²) in [5.74, 6) is -0.399. The molecule has 0 aliphatic heterocycles. The van der Waals surface area contributed by atoms with E-state index in [0.29, 0.717) is 12.1 Å². The summed E-state index contributed by atoms with van der Waals surface area (Å²) >= 11 is 0.